The lowest BCUT2D eigenvalue weighted by Crippen LogP contribution is -2.41. The summed E-state index contributed by atoms with van der Waals surface area (Å²) in [5.74, 6) is -0.485. The Morgan fingerprint density at radius 3 is 2.45 bits per heavy atom. The lowest BCUT2D eigenvalue weighted by molar-refractivity contribution is -0.248. The van der Waals surface area contributed by atoms with Crippen LogP contribution < -0.4 is 0 Å². The summed E-state index contributed by atoms with van der Waals surface area (Å²) in [6.07, 6.45) is 1.85. The molecular weight excluding hydrogens is 144 g/mol. The van der Waals surface area contributed by atoms with E-state index in [0.717, 1.165) is 12.8 Å². The van der Waals surface area contributed by atoms with Crippen LogP contribution in [0.5, 0.6) is 0 Å². The first kappa shape index (κ1) is 8.68. The van der Waals surface area contributed by atoms with Crippen molar-refractivity contribution in [2.45, 2.75) is 32.5 Å². The predicted octanol–water partition coefficient (Wildman–Crippen LogP) is 1.12. The zero-order chi connectivity index (χ0) is 8.32. The van der Waals surface area contributed by atoms with Gasteiger partial charge in [-0.05, 0) is 6.92 Å². The number of ether oxygens (including phenoxy) is 2. The van der Waals surface area contributed by atoms with Crippen molar-refractivity contribution in [3.05, 3.63) is 0 Å². The molecule has 0 aromatic carbocycles. The lowest BCUT2D eigenvalue weighted by Gasteiger charge is -2.32. The van der Waals surface area contributed by atoms with Gasteiger partial charge in [-0.3, -0.25) is 4.79 Å². The third kappa shape index (κ3) is 2.27. The van der Waals surface area contributed by atoms with Gasteiger partial charge >= 0.3 is 0 Å². The van der Waals surface area contributed by atoms with Gasteiger partial charge in [0, 0.05) is 6.42 Å². The Labute approximate surface area is 66.7 Å². The van der Waals surface area contributed by atoms with Crippen LogP contribution in [0.1, 0.15) is 26.7 Å². The zero-order valence-corrected chi connectivity index (χ0v) is 7.05. The first-order valence-electron chi connectivity index (χ1n) is 3.96. The molecule has 0 aromatic rings. The standard InChI is InChI=1S/C8H14O3/c1-3-4-8(2)10-5-7(9)6-11-8/h3-6H2,1-2H3. The Balaban J connectivity index is 2.41. The highest BCUT2D eigenvalue weighted by atomic mass is 16.7. The van der Waals surface area contributed by atoms with Crippen LogP contribution in [0.3, 0.4) is 0 Å². The summed E-state index contributed by atoms with van der Waals surface area (Å²) in [6, 6.07) is 0. The molecule has 0 saturated carbocycles. The highest BCUT2D eigenvalue weighted by Gasteiger charge is 2.30. The molecule has 0 aromatic heterocycles. The smallest absolute Gasteiger partial charge is 0.184 e. The van der Waals surface area contributed by atoms with Crippen LogP contribution in [0.25, 0.3) is 0 Å². The van der Waals surface area contributed by atoms with E-state index < -0.39 is 5.79 Å². The van der Waals surface area contributed by atoms with Gasteiger partial charge in [0.2, 0.25) is 0 Å². The Bertz CT molecular complexity index is 143. The number of carbonyl (C=O) groups excluding carboxylic acids is 1. The molecule has 0 radical (unpaired) electrons. The van der Waals surface area contributed by atoms with Gasteiger partial charge in [-0.15, -0.1) is 0 Å². The van der Waals surface area contributed by atoms with Crippen LogP contribution in [-0.2, 0) is 14.3 Å². The SMILES string of the molecule is CCCC1(C)OCC(=O)CO1. The second kappa shape index (κ2) is 3.32. The number of ketones is 1. The topological polar surface area (TPSA) is 35.5 Å². The summed E-state index contributed by atoms with van der Waals surface area (Å²) in [5, 5.41) is 0. The van der Waals surface area contributed by atoms with Crippen LogP contribution in [0, 0.1) is 0 Å². The second-order valence-electron chi connectivity index (χ2n) is 3.00. The molecule has 1 aliphatic rings. The minimum absolute atomic E-state index is 0.0265. The molecule has 0 bridgehead atoms. The molecule has 3 nitrogen and oxygen atoms in total. The fraction of sp³-hybridized carbons (Fsp3) is 0.875. The molecule has 0 atom stereocenters. The molecular formula is C8H14O3. The van der Waals surface area contributed by atoms with Gasteiger partial charge in [-0.2, -0.15) is 0 Å². The molecule has 1 aliphatic heterocycles. The van der Waals surface area contributed by atoms with Crippen molar-refractivity contribution < 1.29 is 14.3 Å². The molecule has 1 heterocycles. The highest BCUT2D eigenvalue weighted by molar-refractivity contribution is 5.81. The molecule has 1 saturated heterocycles. The van der Waals surface area contributed by atoms with Crippen LogP contribution >= 0.6 is 0 Å². The second-order valence-corrected chi connectivity index (χ2v) is 3.00. The molecule has 1 fully saturated rings. The first-order valence-corrected chi connectivity index (χ1v) is 3.96. The summed E-state index contributed by atoms with van der Waals surface area (Å²) in [6.45, 7) is 4.35. The number of carbonyl (C=O) groups is 1. The van der Waals surface area contributed by atoms with Crippen LogP contribution in [-0.4, -0.2) is 24.8 Å². The van der Waals surface area contributed by atoms with E-state index in [-0.39, 0.29) is 19.0 Å². The summed E-state index contributed by atoms with van der Waals surface area (Å²) in [4.78, 5) is 10.7. The minimum atomic E-state index is -0.511. The maximum atomic E-state index is 10.7. The van der Waals surface area contributed by atoms with E-state index in [2.05, 4.69) is 6.92 Å². The monoisotopic (exact) mass is 158 g/mol. The molecule has 64 valence electrons. The van der Waals surface area contributed by atoms with Gasteiger partial charge in [0.25, 0.3) is 0 Å². The Morgan fingerprint density at radius 2 is 2.00 bits per heavy atom. The van der Waals surface area contributed by atoms with Gasteiger partial charge in [0.1, 0.15) is 13.2 Å². The number of hydrogen-bond donors (Lipinski definition) is 0. The van der Waals surface area contributed by atoms with Crippen molar-refractivity contribution >= 4 is 5.78 Å². The molecule has 3 heteroatoms. The van der Waals surface area contributed by atoms with Crippen molar-refractivity contribution in [3.63, 3.8) is 0 Å². The quantitative estimate of drug-likeness (QED) is 0.604. The van der Waals surface area contributed by atoms with Crippen molar-refractivity contribution in [3.8, 4) is 0 Å². The number of Topliss-reactive ketones (excluding diaryl/α,β-unsaturated/α-hetero) is 1. The molecule has 0 unspecified atom stereocenters. The van der Waals surface area contributed by atoms with E-state index in [1.807, 2.05) is 6.92 Å². The van der Waals surface area contributed by atoms with Crippen molar-refractivity contribution in [1.29, 1.82) is 0 Å². The van der Waals surface area contributed by atoms with Gasteiger partial charge < -0.3 is 9.47 Å². The fourth-order valence-corrected chi connectivity index (χ4v) is 1.15. The van der Waals surface area contributed by atoms with Crippen molar-refractivity contribution in [2.75, 3.05) is 13.2 Å². The van der Waals surface area contributed by atoms with Gasteiger partial charge in [-0.1, -0.05) is 13.3 Å². The predicted molar refractivity (Wildman–Crippen MR) is 40.2 cm³/mol. The largest absolute Gasteiger partial charge is 0.342 e. The van der Waals surface area contributed by atoms with Crippen molar-refractivity contribution in [1.82, 2.24) is 0 Å². The third-order valence-corrected chi connectivity index (χ3v) is 1.78. The highest BCUT2D eigenvalue weighted by Crippen LogP contribution is 2.21. The third-order valence-electron chi connectivity index (χ3n) is 1.78. The van der Waals surface area contributed by atoms with E-state index in [1.54, 1.807) is 0 Å². The molecule has 0 N–H and O–H groups in total. The number of hydrogen-bond acceptors (Lipinski definition) is 3. The normalized spacial score (nSPS) is 23.6. The minimum Gasteiger partial charge on any atom is -0.342 e. The summed E-state index contributed by atoms with van der Waals surface area (Å²) in [5.41, 5.74) is 0. The lowest BCUT2D eigenvalue weighted by atomic mass is 10.1. The zero-order valence-electron chi connectivity index (χ0n) is 7.05. The first-order chi connectivity index (χ1) is 5.16. The molecule has 1 rings (SSSR count). The van der Waals surface area contributed by atoms with E-state index in [0.29, 0.717) is 0 Å². The van der Waals surface area contributed by atoms with E-state index in [4.69, 9.17) is 9.47 Å². The van der Waals surface area contributed by atoms with E-state index in [1.165, 1.54) is 0 Å². The van der Waals surface area contributed by atoms with Crippen LogP contribution in [0.4, 0.5) is 0 Å². The van der Waals surface area contributed by atoms with E-state index >= 15 is 0 Å². The Morgan fingerprint density at radius 1 is 1.45 bits per heavy atom. The molecule has 0 amide bonds. The summed E-state index contributed by atoms with van der Waals surface area (Å²) in [7, 11) is 0. The Hall–Kier alpha value is -0.410. The van der Waals surface area contributed by atoms with Crippen LogP contribution in [0.15, 0.2) is 0 Å². The molecule has 0 spiro atoms. The molecule has 0 aliphatic carbocycles. The average Bonchev–Trinajstić information content (AvgIpc) is 1.97. The number of rotatable bonds is 2. The molecule has 11 heavy (non-hydrogen) atoms. The average molecular weight is 158 g/mol. The van der Waals surface area contributed by atoms with Crippen molar-refractivity contribution in [2.24, 2.45) is 0 Å². The van der Waals surface area contributed by atoms with Gasteiger partial charge in [0.15, 0.2) is 11.6 Å². The van der Waals surface area contributed by atoms with E-state index in [9.17, 15) is 4.79 Å². The fourth-order valence-electron chi connectivity index (χ4n) is 1.15. The van der Waals surface area contributed by atoms with Gasteiger partial charge in [-0.25, -0.2) is 0 Å². The van der Waals surface area contributed by atoms with Gasteiger partial charge in [0.05, 0.1) is 0 Å². The maximum absolute atomic E-state index is 10.7. The summed E-state index contributed by atoms with van der Waals surface area (Å²) < 4.78 is 10.5. The summed E-state index contributed by atoms with van der Waals surface area (Å²) >= 11 is 0. The maximum Gasteiger partial charge on any atom is 0.184 e. The Kier molecular flexibility index (Phi) is 2.62. The van der Waals surface area contributed by atoms with Crippen LogP contribution in [0.2, 0.25) is 0 Å².